The minimum Gasteiger partial charge on any atom is -0.487 e. The zero-order valence-corrected chi connectivity index (χ0v) is 15.8. The van der Waals surface area contributed by atoms with Gasteiger partial charge in [-0.2, -0.15) is 5.10 Å². The van der Waals surface area contributed by atoms with Crippen molar-refractivity contribution in [3.63, 3.8) is 0 Å². The van der Waals surface area contributed by atoms with Gasteiger partial charge >= 0.3 is 0 Å². The molecule has 0 spiro atoms. The fraction of sp³-hybridized carbons (Fsp3) is 0.350. The second kappa shape index (κ2) is 8.35. The molecule has 0 radical (unpaired) electrons. The fourth-order valence-corrected chi connectivity index (χ4v) is 3.95. The number of nitrogens with zero attached hydrogens (tertiary/aromatic N) is 3. The predicted octanol–water partition coefficient (Wildman–Crippen LogP) is 4.68. The molecule has 1 amide bonds. The van der Waals surface area contributed by atoms with Crippen LogP contribution in [0.1, 0.15) is 54.2 Å². The molecule has 1 aliphatic rings. The number of amides is 1. The first-order valence-corrected chi connectivity index (χ1v) is 10.2. The Kier molecular flexibility index (Phi) is 5.48. The van der Waals surface area contributed by atoms with Crippen molar-refractivity contribution in [1.82, 2.24) is 14.8 Å². The highest BCUT2D eigenvalue weighted by molar-refractivity contribution is 7.07. The molecule has 0 saturated heterocycles. The minimum absolute atomic E-state index is 0.160. The third kappa shape index (κ3) is 4.36. The van der Waals surface area contributed by atoms with Gasteiger partial charge in [0.2, 0.25) is 0 Å². The summed E-state index contributed by atoms with van der Waals surface area (Å²) >= 11 is 1.53. The zero-order chi connectivity index (χ0) is 18.5. The summed E-state index contributed by atoms with van der Waals surface area (Å²) in [7, 11) is 0. The Hall–Kier alpha value is -2.67. The van der Waals surface area contributed by atoms with E-state index < -0.39 is 0 Å². The highest BCUT2D eigenvalue weighted by Crippen LogP contribution is 2.30. The Labute approximate surface area is 162 Å². The van der Waals surface area contributed by atoms with Gasteiger partial charge in [0, 0.05) is 17.0 Å². The summed E-state index contributed by atoms with van der Waals surface area (Å²) in [5.41, 5.74) is 3.21. The van der Waals surface area contributed by atoms with E-state index in [1.165, 1.54) is 30.6 Å². The summed E-state index contributed by atoms with van der Waals surface area (Å²) in [4.78, 5) is 16.9. The summed E-state index contributed by atoms with van der Waals surface area (Å²) < 4.78 is 7.70. The summed E-state index contributed by atoms with van der Waals surface area (Å²) in [6.07, 6.45) is 7.70. The number of ether oxygens (including phenoxy) is 1. The van der Waals surface area contributed by atoms with Crippen LogP contribution in [-0.4, -0.2) is 20.7 Å². The Bertz CT molecular complexity index is 885. The summed E-state index contributed by atoms with van der Waals surface area (Å²) in [6.45, 7) is 0.392. The maximum atomic E-state index is 12.7. The van der Waals surface area contributed by atoms with Crippen molar-refractivity contribution in [1.29, 1.82) is 0 Å². The largest absolute Gasteiger partial charge is 0.487 e. The Morgan fingerprint density at radius 1 is 1.26 bits per heavy atom. The van der Waals surface area contributed by atoms with Crippen molar-refractivity contribution in [3.05, 3.63) is 58.7 Å². The lowest BCUT2D eigenvalue weighted by molar-refractivity contribution is 0.102. The van der Waals surface area contributed by atoms with Crippen LogP contribution in [0, 0.1) is 0 Å². The number of hydrogen-bond acceptors (Lipinski definition) is 5. The van der Waals surface area contributed by atoms with Crippen LogP contribution in [0.3, 0.4) is 0 Å². The van der Waals surface area contributed by atoms with Gasteiger partial charge in [0.1, 0.15) is 18.2 Å². The Balaban J connectivity index is 1.43. The van der Waals surface area contributed by atoms with E-state index in [0.29, 0.717) is 24.0 Å². The first kappa shape index (κ1) is 17.7. The normalized spacial score (nSPS) is 14.8. The van der Waals surface area contributed by atoms with Crippen LogP contribution >= 0.6 is 11.3 Å². The molecule has 2 heterocycles. The molecule has 1 aromatic carbocycles. The molecule has 4 rings (SSSR count). The molecular weight excluding hydrogens is 360 g/mol. The van der Waals surface area contributed by atoms with Gasteiger partial charge in [-0.15, -0.1) is 11.3 Å². The summed E-state index contributed by atoms with van der Waals surface area (Å²) in [5, 5.41) is 9.38. The molecular formula is C20H22N4O2S. The second-order valence-corrected chi connectivity index (χ2v) is 7.42. The molecule has 0 bridgehead atoms. The molecule has 0 aliphatic heterocycles. The molecule has 0 unspecified atom stereocenters. The Morgan fingerprint density at radius 3 is 2.96 bits per heavy atom. The van der Waals surface area contributed by atoms with Crippen molar-refractivity contribution in [2.24, 2.45) is 0 Å². The molecule has 140 valence electrons. The van der Waals surface area contributed by atoms with E-state index in [0.717, 1.165) is 24.4 Å². The molecule has 2 aromatic heterocycles. The molecule has 3 aromatic rings. The maximum Gasteiger partial charge on any atom is 0.256 e. The first-order valence-electron chi connectivity index (χ1n) is 9.24. The van der Waals surface area contributed by atoms with Crippen LogP contribution in [0.25, 0.3) is 0 Å². The monoisotopic (exact) mass is 382 g/mol. The van der Waals surface area contributed by atoms with Crippen molar-refractivity contribution >= 4 is 23.1 Å². The fourth-order valence-electron chi connectivity index (χ4n) is 3.41. The third-order valence-electron chi connectivity index (χ3n) is 4.80. The second-order valence-electron chi connectivity index (χ2n) is 6.70. The number of carbonyl (C=O) groups excluding carboxylic acids is 1. The van der Waals surface area contributed by atoms with Crippen molar-refractivity contribution in [3.8, 4) is 5.75 Å². The van der Waals surface area contributed by atoms with E-state index in [9.17, 15) is 4.79 Å². The van der Waals surface area contributed by atoms with Gasteiger partial charge in [0.25, 0.3) is 5.91 Å². The van der Waals surface area contributed by atoms with Gasteiger partial charge in [-0.05, 0) is 31.0 Å². The van der Waals surface area contributed by atoms with Crippen molar-refractivity contribution < 1.29 is 9.53 Å². The average Bonchev–Trinajstić information content (AvgIpc) is 3.39. The number of hydrogen-bond donors (Lipinski definition) is 1. The topological polar surface area (TPSA) is 69.0 Å². The van der Waals surface area contributed by atoms with E-state index in [4.69, 9.17) is 4.74 Å². The van der Waals surface area contributed by atoms with Gasteiger partial charge in [0.15, 0.2) is 0 Å². The van der Waals surface area contributed by atoms with Gasteiger partial charge < -0.3 is 10.1 Å². The zero-order valence-electron chi connectivity index (χ0n) is 15.0. The lowest BCUT2D eigenvalue weighted by Gasteiger charge is -2.23. The predicted molar refractivity (Wildman–Crippen MR) is 105 cm³/mol. The first-order chi connectivity index (χ1) is 13.3. The van der Waals surface area contributed by atoms with Crippen LogP contribution in [0.15, 0.2) is 47.4 Å². The molecule has 1 saturated carbocycles. The Morgan fingerprint density at radius 2 is 2.15 bits per heavy atom. The molecule has 1 N–H and O–H groups in total. The van der Waals surface area contributed by atoms with Crippen LogP contribution in [0.2, 0.25) is 0 Å². The lowest BCUT2D eigenvalue weighted by atomic mass is 9.96. The van der Waals surface area contributed by atoms with Crippen molar-refractivity contribution in [2.45, 2.75) is 44.8 Å². The van der Waals surface area contributed by atoms with E-state index in [1.54, 1.807) is 23.8 Å². The number of thiazole rings is 1. The van der Waals surface area contributed by atoms with Crippen molar-refractivity contribution in [2.75, 3.05) is 5.32 Å². The highest BCUT2D eigenvalue weighted by atomic mass is 32.1. The number of aromatic nitrogens is 3. The molecule has 1 fully saturated rings. The van der Waals surface area contributed by atoms with Crippen LogP contribution in [-0.2, 0) is 6.61 Å². The number of nitrogens with one attached hydrogen (secondary N) is 1. The highest BCUT2D eigenvalue weighted by Gasteiger charge is 2.19. The molecule has 7 heteroatoms. The standard InChI is InChI=1S/C20H22N4O2S/c25-20(23-19-9-10-22-24(19)17-6-2-1-3-7-17)15-5-4-8-18(11-15)26-12-16-13-27-14-21-16/h4-5,8-11,13-14,17H,1-3,6-7,12H2,(H,23,25). The number of benzene rings is 1. The quantitative estimate of drug-likeness (QED) is 0.672. The van der Waals surface area contributed by atoms with Crippen LogP contribution in [0.5, 0.6) is 5.75 Å². The molecule has 27 heavy (non-hydrogen) atoms. The van der Waals surface area contributed by atoms with E-state index in [2.05, 4.69) is 15.4 Å². The maximum absolute atomic E-state index is 12.7. The smallest absolute Gasteiger partial charge is 0.256 e. The SMILES string of the molecule is O=C(Nc1ccnn1C1CCCCC1)c1cccc(OCc2cscn2)c1. The van der Waals surface area contributed by atoms with E-state index in [-0.39, 0.29) is 5.91 Å². The number of rotatable bonds is 6. The molecule has 1 aliphatic carbocycles. The van der Waals surface area contributed by atoms with Crippen LogP contribution in [0.4, 0.5) is 5.82 Å². The van der Waals surface area contributed by atoms with Crippen LogP contribution < -0.4 is 10.1 Å². The lowest BCUT2D eigenvalue weighted by Crippen LogP contribution is -2.20. The van der Waals surface area contributed by atoms with Gasteiger partial charge in [-0.25, -0.2) is 9.67 Å². The number of carbonyl (C=O) groups is 1. The van der Waals surface area contributed by atoms with E-state index in [1.807, 2.05) is 28.3 Å². The summed E-state index contributed by atoms with van der Waals surface area (Å²) in [5.74, 6) is 1.24. The summed E-state index contributed by atoms with van der Waals surface area (Å²) in [6, 6.07) is 9.43. The third-order valence-corrected chi connectivity index (χ3v) is 5.43. The minimum atomic E-state index is -0.160. The van der Waals surface area contributed by atoms with Gasteiger partial charge in [0.05, 0.1) is 23.4 Å². The molecule has 6 nitrogen and oxygen atoms in total. The van der Waals surface area contributed by atoms with Gasteiger partial charge in [-0.3, -0.25) is 4.79 Å². The number of anilines is 1. The average molecular weight is 382 g/mol. The van der Waals surface area contributed by atoms with E-state index >= 15 is 0 Å². The van der Waals surface area contributed by atoms with Gasteiger partial charge in [-0.1, -0.05) is 25.3 Å². The molecule has 0 atom stereocenters.